The molecular weight excluding hydrogens is 867 g/mol. The lowest BCUT2D eigenvalue weighted by Gasteiger charge is -2.60. The van der Waals surface area contributed by atoms with Gasteiger partial charge in [-0.15, -0.1) is 6.58 Å². The molecule has 0 radical (unpaired) electrons. The number of carbonyl (C=O) groups excluding carboxylic acids is 2. The first-order valence-corrected chi connectivity index (χ1v) is 27.4. The average Bonchev–Trinajstić information content (AvgIpc) is 3.89. The van der Waals surface area contributed by atoms with Gasteiger partial charge in [-0.25, -0.2) is 4.79 Å². The molecule has 2 aromatic rings. The minimum atomic E-state index is -1.32. The lowest BCUT2D eigenvalue weighted by molar-refractivity contribution is -0.257. The Morgan fingerprint density at radius 3 is 2.28 bits per heavy atom. The van der Waals surface area contributed by atoms with Gasteiger partial charge >= 0.3 is 6.09 Å². The van der Waals surface area contributed by atoms with Crippen molar-refractivity contribution < 1.29 is 38.9 Å². The van der Waals surface area contributed by atoms with Crippen LogP contribution in [0.5, 0.6) is 11.5 Å². The number of aliphatic hydroxyl groups is 2. The summed E-state index contributed by atoms with van der Waals surface area (Å²) in [6.07, 6.45) is 27.8. The topological polar surface area (TPSA) is 139 Å². The molecule has 2 aromatic carbocycles. The zero-order valence-corrected chi connectivity index (χ0v) is 42.4. The molecule has 0 bridgehead atoms. The third-order valence-electron chi connectivity index (χ3n) is 15.3. The Hall–Kier alpha value is -4.19. The van der Waals surface area contributed by atoms with Crippen molar-refractivity contribution in [3.63, 3.8) is 0 Å². The van der Waals surface area contributed by atoms with Crippen molar-refractivity contribution in [1.29, 1.82) is 0 Å². The highest BCUT2D eigenvalue weighted by atomic mass is 16.7. The molecule has 11 nitrogen and oxygen atoms in total. The average molecular weight is 954 g/mol. The van der Waals surface area contributed by atoms with Gasteiger partial charge in [-0.2, -0.15) is 0 Å². The number of allylic oxidation sites excluding steroid dienone is 1. The SMILES string of the molecule is C=CCOC12Oc3ccc(OC(=O)NCCCCCCCCCCCC)cc3C3C(CCCCO)C(CCCCO)C=C(C(=NOCc4ccccc4)CC1N(CCC)C(=O)CCC1CCCC1)C32. The number of oxime groups is 1. The molecule has 4 aliphatic rings. The van der Waals surface area contributed by atoms with E-state index in [1.165, 1.54) is 77.0 Å². The Kier molecular flexibility index (Phi) is 22.9. The summed E-state index contributed by atoms with van der Waals surface area (Å²) < 4.78 is 20.7. The molecule has 0 aromatic heterocycles. The lowest BCUT2D eigenvalue weighted by Crippen LogP contribution is -2.70. The number of nitrogens with zero attached hydrogens (tertiary/aromatic N) is 2. The monoisotopic (exact) mass is 954 g/mol. The Bertz CT molecular complexity index is 1910. The van der Waals surface area contributed by atoms with E-state index in [0.717, 1.165) is 73.8 Å². The summed E-state index contributed by atoms with van der Waals surface area (Å²) in [6.45, 7) is 10.2. The molecule has 382 valence electrons. The predicted molar refractivity (Wildman–Crippen MR) is 275 cm³/mol. The number of aliphatic hydroxyl groups excluding tert-OH is 2. The fraction of sp³-hybridized carbons (Fsp3) is 0.672. The van der Waals surface area contributed by atoms with Crippen LogP contribution in [0.25, 0.3) is 0 Å². The molecular formula is C58H87N3O8. The van der Waals surface area contributed by atoms with Crippen LogP contribution in [0, 0.1) is 23.7 Å². The van der Waals surface area contributed by atoms with Gasteiger partial charge in [0.25, 0.3) is 0 Å². The van der Waals surface area contributed by atoms with Crippen molar-refractivity contribution in [1.82, 2.24) is 10.2 Å². The molecule has 6 unspecified atom stereocenters. The molecule has 2 fully saturated rings. The zero-order chi connectivity index (χ0) is 48.7. The molecule has 3 aliphatic carbocycles. The molecule has 2 saturated carbocycles. The maximum Gasteiger partial charge on any atom is 0.412 e. The number of benzene rings is 2. The van der Waals surface area contributed by atoms with Crippen LogP contribution in [0.4, 0.5) is 4.79 Å². The second-order valence-electron chi connectivity index (χ2n) is 20.3. The zero-order valence-electron chi connectivity index (χ0n) is 42.4. The van der Waals surface area contributed by atoms with Gasteiger partial charge in [-0.3, -0.25) is 4.79 Å². The van der Waals surface area contributed by atoms with Gasteiger partial charge < -0.3 is 39.5 Å². The maximum absolute atomic E-state index is 14.9. The number of rotatable bonds is 32. The van der Waals surface area contributed by atoms with Gasteiger partial charge in [0.2, 0.25) is 11.7 Å². The minimum absolute atomic E-state index is 0.0571. The van der Waals surface area contributed by atoms with Crippen molar-refractivity contribution in [2.24, 2.45) is 28.8 Å². The molecule has 6 rings (SSSR count). The van der Waals surface area contributed by atoms with Crippen molar-refractivity contribution in [2.75, 3.05) is 32.9 Å². The fourth-order valence-electron chi connectivity index (χ4n) is 11.9. The number of fused-ring (bicyclic) bond motifs is 2. The smallest absolute Gasteiger partial charge is 0.412 e. The van der Waals surface area contributed by atoms with Crippen LogP contribution in [-0.2, 0) is 21.0 Å². The molecule has 1 aliphatic heterocycles. The van der Waals surface area contributed by atoms with Gasteiger partial charge in [-0.05, 0) is 92.0 Å². The Morgan fingerprint density at radius 1 is 0.870 bits per heavy atom. The van der Waals surface area contributed by atoms with E-state index >= 15 is 0 Å². The molecule has 2 amide bonds. The van der Waals surface area contributed by atoms with Crippen LogP contribution in [0.2, 0.25) is 0 Å². The highest BCUT2D eigenvalue weighted by Gasteiger charge is 2.65. The minimum Gasteiger partial charge on any atom is -0.459 e. The third kappa shape index (κ3) is 15.2. The summed E-state index contributed by atoms with van der Waals surface area (Å²) in [5.41, 5.74) is 3.69. The number of unbranched alkanes of at least 4 members (excludes halogenated alkanes) is 11. The number of hydrogen-bond donors (Lipinski definition) is 3. The number of nitrogens with one attached hydrogen (secondary N) is 1. The fourth-order valence-corrected chi connectivity index (χ4v) is 11.9. The van der Waals surface area contributed by atoms with E-state index in [1.807, 2.05) is 47.4 Å². The number of carbonyl (C=O) groups is 2. The van der Waals surface area contributed by atoms with Gasteiger partial charge in [0, 0.05) is 50.6 Å². The van der Waals surface area contributed by atoms with E-state index in [-0.39, 0.29) is 43.5 Å². The first-order chi connectivity index (χ1) is 33.9. The number of hydrogen-bond acceptors (Lipinski definition) is 9. The van der Waals surface area contributed by atoms with Crippen LogP contribution in [0.1, 0.15) is 185 Å². The second-order valence-corrected chi connectivity index (χ2v) is 20.3. The van der Waals surface area contributed by atoms with Gasteiger partial charge in [0.1, 0.15) is 24.1 Å². The number of amides is 2. The van der Waals surface area contributed by atoms with E-state index in [1.54, 1.807) is 12.1 Å². The summed E-state index contributed by atoms with van der Waals surface area (Å²) >= 11 is 0. The van der Waals surface area contributed by atoms with Gasteiger partial charge in [-0.1, -0.05) is 158 Å². The van der Waals surface area contributed by atoms with Crippen LogP contribution in [0.3, 0.4) is 0 Å². The van der Waals surface area contributed by atoms with E-state index in [2.05, 4.69) is 31.8 Å². The molecule has 6 atom stereocenters. The summed E-state index contributed by atoms with van der Waals surface area (Å²) in [6, 6.07) is 15.2. The lowest BCUT2D eigenvalue weighted by atomic mass is 9.55. The highest BCUT2D eigenvalue weighted by molar-refractivity contribution is 6.03. The van der Waals surface area contributed by atoms with Crippen molar-refractivity contribution in [3.8, 4) is 11.5 Å². The van der Waals surface area contributed by atoms with Crippen LogP contribution >= 0.6 is 0 Å². The standard InChI is InChI=1S/C58H87N3O8/c1-4-7-8-9-10-11-12-13-14-22-35-59-57(65)68-47-32-33-52-50(41-47)55-48(30-21-24-38-63)46(29-20-23-37-62)40-49-51(60-67-43-45-27-16-15-17-28-45)42-53(58(69-52,56(49)55)66-39-6-3)61(36-5-2)54(64)34-31-44-25-18-19-26-44/h6,15-17,27-28,32-33,40-41,44,46,48,53,55-56,62-63H,3-5,7-14,18-26,29-31,34-39,42-43H2,1-2H3,(H,59,65). The first kappa shape index (κ1) is 54.1. The van der Waals surface area contributed by atoms with Crippen LogP contribution in [0.15, 0.2) is 78.0 Å². The molecule has 1 heterocycles. The molecule has 69 heavy (non-hydrogen) atoms. The molecule has 0 saturated heterocycles. The van der Waals surface area contributed by atoms with Crippen LogP contribution in [-0.4, -0.2) is 77.6 Å². The summed E-state index contributed by atoms with van der Waals surface area (Å²) in [7, 11) is 0. The van der Waals surface area contributed by atoms with E-state index < -0.39 is 23.8 Å². The van der Waals surface area contributed by atoms with E-state index in [4.69, 9.17) is 24.2 Å². The molecule has 3 N–H and O–H groups in total. The largest absolute Gasteiger partial charge is 0.459 e. The number of ether oxygens (including phenoxy) is 3. The van der Waals surface area contributed by atoms with Crippen LogP contribution < -0.4 is 14.8 Å². The van der Waals surface area contributed by atoms with Crippen molar-refractivity contribution >= 4 is 17.7 Å². The van der Waals surface area contributed by atoms with E-state index in [0.29, 0.717) is 62.8 Å². The van der Waals surface area contributed by atoms with Crippen molar-refractivity contribution in [3.05, 3.63) is 84.0 Å². The normalized spacial score (nSPS) is 23.4. The Labute approximate surface area is 414 Å². The third-order valence-corrected chi connectivity index (χ3v) is 15.3. The predicted octanol–water partition coefficient (Wildman–Crippen LogP) is 12.7. The highest BCUT2D eigenvalue weighted by Crippen LogP contribution is 2.62. The quantitative estimate of drug-likeness (QED) is 0.0374. The molecule has 11 heteroatoms. The van der Waals surface area contributed by atoms with Gasteiger partial charge in [0.15, 0.2) is 0 Å². The van der Waals surface area contributed by atoms with Crippen molar-refractivity contribution in [2.45, 2.75) is 192 Å². The molecule has 0 spiro atoms. The summed E-state index contributed by atoms with van der Waals surface area (Å²) in [5, 5.41) is 28.0. The summed E-state index contributed by atoms with van der Waals surface area (Å²) in [4.78, 5) is 36.6. The van der Waals surface area contributed by atoms with E-state index in [9.17, 15) is 19.8 Å². The Balaban J connectivity index is 1.37. The summed E-state index contributed by atoms with van der Waals surface area (Å²) in [5.74, 6) is -0.0951. The first-order valence-electron chi connectivity index (χ1n) is 27.4. The Morgan fingerprint density at radius 2 is 1.58 bits per heavy atom. The van der Waals surface area contributed by atoms with Gasteiger partial charge in [0.05, 0.1) is 18.2 Å². The second kappa shape index (κ2) is 29.2. The maximum atomic E-state index is 14.9.